The van der Waals surface area contributed by atoms with Crippen molar-refractivity contribution in [3.05, 3.63) is 60.7 Å². The van der Waals surface area contributed by atoms with Crippen LogP contribution in [0.25, 0.3) is 0 Å². The van der Waals surface area contributed by atoms with Crippen molar-refractivity contribution >= 4 is 23.2 Å². The molecule has 134 valence electrons. The van der Waals surface area contributed by atoms with E-state index in [-0.39, 0.29) is 11.8 Å². The van der Waals surface area contributed by atoms with Crippen molar-refractivity contribution in [3.63, 3.8) is 0 Å². The summed E-state index contributed by atoms with van der Waals surface area (Å²) in [6.07, 6.45) is 1.14. The summed E-state index contributed by atoms with van der Waals surface area (Å²) in [5, 5.41) is 2.83. The first-order valence-corrected chi connectivity index (χ1v) is 8.23. The van der Waals surface area contributed by atoms with Crippen LogP contribution in [-0.2, 0) is 4.79 Å². The molecule has 2 amide bonds. The summed E-state index contributed by atoms with van der Waals surface area (Å²) in [5.74, 6) is 0.901. The zero-order valence-electron chi connectivity index (χ0n) is 14.7. The molecule has 0 saturated carbocycles. The molecule has 0 fully saturated rings. The molecule has 0 bridgehead atoms. The van der Waals surface area contributed by atoms with Crippen molar-refractivity contribution in [1.29, 1.82) is 0 Å². The summed E-state index contributed by atoms with van der Waals surface area (Å²) in [6, 6.07) is 12.0. The maximum atomic E-state index is 12.4. The van der Waals surface area contributed by atoms with Gasteiger partial charge in [0, 0.05) is 18.3 Å². The molecule has 0 aliphatic carbocycles. The summed E-state index contributed by atoms with van der Waals surface area (Å²) in [6.45, 7) is 5.71. The molecule has 0 radical (unpaired) electrons. The van der Waals surface area contributed by atoms with Crippen LogP contribution in [0.2, 0.25) is 0 Å². The van der Waals surface area contributed by atoms with Crippen molar-refractivity contribution in [3.8, 4) is 11.5 Å². The summed E-state index contributed by atoms with van der Waals surface area (Å²) >= 11 is 0. The van der Waals surface area contributed by atoms with Gasteiger partial charge in [0.25, 0.3) is 11.8 Å². The zero-order chi connectivity index (χ0) is 18.7. The van der Waals surface area contributed by atoms with Crippen LogP contribution >= 0.6 is 0 Å². The number of fused-ring (bicyclic) bond motifs is 1. The molecular formula is C20H20N2O4. The number of ether oxygens (including phenoxy) is 2. The molecule has 1 N–H and O–H groups in total. The molecule has 1 heterocycles. The van der Waals surface area contributed by atoms with E-state index in [1.807, 2.05) is 0 Å². The highest BCUT2D eigenvalue weighted by atomic mass is 16.5. The predicted octanol–water partition coefficient (Wildman–Crippen LogP) is 3.25. The minimum atomic E-state index is -0.519. The zero-order valence-corrected chi connectivity index (χ0v) is 14.7. The molecule has 1 atom stereocenters. The van der Waals surface area contributed by atoms with Crippen LogP contribution in [0.3, 0.4) is 0 Å². The van der Waals surface area contributed by atoms with Gasteiger partial charge < -0.3 is 19.7 Å². The highest BCUT2D eigenvalue weighted by molar-refractivity contribution is 6.05. The van der Waals surface area contributed by atoms with Crippen molar-refractivity contribution in [2.75, 3.05) is 23.9 Å². The van der Waals surface area contributed by atoms with Crippen LogP contribution in [0, 0.1) is 0 Å². The highest BCUT2D eigenvalue weighted by Crippen LogP contribution is 2.35. The molecule has 26 heavy (non-hydrogen) atoms. The Morgan fingerprint density at radius 2 is 2.04 bits per heavy atom. The van der Waals surface area contributed by atoms with Crippen LogP contribution in [-0.4, -0.2) is 31.6 Å². The van der Waals surface area contributed by atoms with Gasteiger partial charge in [0.1, 0.15) is 18.1 Å². The number of carbonyl (C=O) groups excluding carboxylic acids is 2. The predicted molar refractivity (Wildman–Crippen MR) is 100 cm³/mol. The average molecular weight is 352 g/mol. The molecular weight excluding hydrogens is 332 g/mol. The lowest BCUT2D eigenvalue weighted by molar-refractivity contribution is -0.125. The number of benzene rings is 2. The number of anilines is 2. The fourth-order valence-corrected chi connectivity index (χ4v) is 2.65. The van der Waals surface area contributed by atoms with Crippen LogP contribution in [0.15, 0.2) is 55.1 Å². The highest BCUT2D eigenvalue weighted by Gasteiger charge is 2.29. The monoisotopic (exact) mass is 352 g/mol. The minimum absolute atomic E-state index is 0.129. The molecule has 1 aliphatic heterocycles. The SMILES string of the molecule is C=CCOc1ccc(C(=O)Nc2ccc3c(c2)N(C)C(=O)C(C)O3)cc1. The van der Waals surface area contributed by atoms with E-state index in [0.29, 0.717) is 35.0 Å². The smallest absolute Gasteiger partial charge is 0.267 e. The molecule has 2 aromatic carbocycles. The summed E-state index contributed by atoms with van der Waals surface area (Å²) in [7, 11) is 1.69. The van der Waals surface area contributed by atoms with Crippen LogP contribution < -0.4 is 19.7 Å². The second kappa shape index (κ2) is 7.31. The van der Waals surface area contributed by atoms with Crippen molar-refractivity contribution in [2.24, 2.45) is 0 Å². The number of carbonyl (C=O) groups is 2. The third kappa shape index (κ3) is 3.54. The van der Waals surface area contributed by atoms with Crippen LogP contribution in [0.1, 0.15) is 17.3 Å². The van der Waals surface area contributed by atoms with E-state index >= 15 is 0 Å². The van der Waals surface area contributed by atoms with Gasteiger partial charge in [-0.2, -0.15) is 0 Å². The van der Waals surface area contributed by atoms with E-state index in [1.54, 1.807) is 62.5 Å². The van der Waals surface area contributed by atoms with Gasteiger partial charge in [-0.3, -0.25) is 9.59 Å². The number of hydrogen-bond acceptors (Lipinski definition) is 4. The molecule has 3 rings (SSSR count). The molecule has 2 aromatic rings. The fraction of sp³-hybridized carbons (Fsp3) is 0.200. The Morgan fingerprint density at radius 3 is 2.73 bits per heavy atom. The lowest BCUT2D eigenvalue weighted by atomic mass is 10.1. The maximum Gasteiger partial charge on any atom is 0.267 e. The Kier molecular flexibility index (Phi) is 4.93. The van der Waals surface area contributed by atoms with Gasteiger partial charge in [0.2, 0.25) is 0 Å². The van der Waals surface area contributed by atoms with E-state index in [0.717, 1.165) is 0 Å². The van der Waals surface area contributed by atoms with E-state index < -0.39 is 6.10 Å². The number of amides is 2. The number of nitrogens with zero attached hydrogens (tertiary/aromatic N) is 1. The first-order valence-electron chi connectivity index (χ1n) is 8.23. The Balaban J connectivity index is 1.74. The second-order valence-electron chi connectivity index (χ2n) is 5.92. The molecule has 1 aliphatic rings. The first-order chi connectivity index (χ1) is 12.5. The van der Waals surface area contributed by atoms with Gasteiger partial charge in [-0.05, 0) is 49.4 Å². The van der Waals surface area contributed by atoms with Gasteiger partial charge in [-0.25, -0.2) is 0 Å². The maximum absolute atomic E-state index is 12.4. The van der Waals surface area contributed by atoms with E-state index in [1.165, 1.54) is 4.90 Å². The molecule has 0 aromatic heterocycles. The van der Waals surface area contributed by atoms with Crippen LogP contribution in [0.4, 0.5) is 11.4 Å². The molecule has 1 unspecified atom stereocenters. The van der Waals surface area contributed by atoms with Gasteiger partial charge in [-0.1, -0.05) is 12.7 Å². The summed E-state index contributed by atoms with van der Waals surface area (Å²) in [5.41, 5.74) is 1.71. The van der Waals surface area contributed by atoms with Gasteiger partial charge in [0.15, 0.2) is 6.10 Å². The fourth-order valence-electron chi connectivity index (χ4n) is 2.65. The van der Waals surface area contributed by atoms with E-state index in [9.17, 15) is 9.59 Å². The lowest BCUT2D eigenvalue weighted by Crippen LogP contribution is -2.41. The van der Waals surface area contributed by atoms with Gasteiger partial charge in [0.05, 0.1) is 5.69 Å². The standard InChI is InChI=1S/C20H20N2O4/c1-4-11-25-16-8-5-14(6-9-16)19(23)21-15-7-10-18-17(12-15)22(3)20(24)13(2)26-18/h4-10,12-13H,1,11H2,2-3H3,(H,21,23). The number of nitrogens with one attached hydrogen (secondary N) is 1. The largest absolute Gasteiger partial charge is 0.490 e. The number of likely N-dealkylation sites (N-methyl/N-ethyl adjacent to an activating group) is 1. The normalized spacial score (nSPS) is 15.7. The third-order valence-corrected chi connectivity index (χ3v) is 4.04. The number of hydrogen-bond donors (Lipinski definition) is 1. The lowest BCUT2D eigenvalue weighted by Gasteiger charge is -2.30. The Hall–Kier alpha value is -3.28. The Morgan fingerprint density at radius 1 is 1.31 bits per heavy atom. The minimum Gasteiger partial charge on any atom is -0.490 e. The summed E-state index contributed by atoms with van der Waals surface area (Å²) < 4.78 is 11.0. The van der Waals surface area contributed by atoms with E-state index in [2.05, 4.69) is 11.9 Å². The van der Waals surface area contributed by atoms with Crippen molar-refractivity contribution < 1.29 is 19.1 Å². The molecule has 6 nitrogen and oxygen atoms in total. The first kappa shape index (κ1) is 17.5. The topological polar surface area (TPSA) is 67.9 Å². The second-order valence-corrected chi connectivity index (χ2v) is 5.92. The third-order valence-electron chi connectivity index (χ3n) is 4.04. The van der Waals surface area contributed by atoms with Gasteiger partial charge >= 0.3 is 0 Å². The molecule has 0 saturated heterocycles. The number of rotatable bonds is 5. The van der Waals surface area contributed by atoms with Crippen molar-refractivity contribution in [2.45, 2.75) is 13.0 Å². The summed E-state index contributed by atoms with van der Waals surface area (Å²) in [4.78, 5) is 26.0. The van der Waals surface area contributed by atoms with Gasteiger partial charge in [-0.15, -0.1) is 0 Å². The van der Waals surface area contributed by atoms with E-state index in [4.69, 9.17) is 9.47 Å². The van der Waals surface area contributed by atoms with Crippen LogP contribution in [0.5, 0.6) is 11.5 Å². The molecule has 6 heteroatoms. The quantitative estimate of drug-likeness (QED) is 0.839. The average Bonchev–Trinajstić information content (AvgIpc) is 2.65. The molecule has 0 spiro atoms. The Bertz CT molecular complexity index is 845. The van der Waals surface area contributed by atoms with Crippen molar-refractivity contribution in [1.82, 2.24) is 0 Å². The Labute approximate surface area is 152 Å².